The molecule has 0 aromatic carbocycles. The van der Waals surface area contributed by atoms with E-state index in [9.17, 15) is 14.9 Å². The third kappa shape index (κ3) is 2.79. The van der Waals surface area contributed by atoms with Crippen molar-refractivity contribution in [3.05, 3.63) is 27.9 Å². The number of carboxylic acids is 1. The first-order valence-corrected chi connectivity index (χ1v) is 5.68. The Morgan fingerprint density at radius 1 is 1.58 bits per heavy atom. The molecule has 0 saturated carbocycles. The average Bonchev–Trinajstić information content (AvgIpc) is 2.76. The van der Waals surface area contributed by atoms with E-state index < -0.39 is 16.8 Å². The van der Waals surface area contributed by atoms with Gasteiger partial charge in [-0.2, -0.15) is 0 Å². The Balaban J connectivity index is 2.13. The van der Waals surface area contributed by atoms with E-state index in [1.54, 1.807) is 0 Å². The van der Waals surface area contributed by atoms with Crippen LogP contribution in [0.2, 0.25) is 0 Å². The maximum atomic E-state index is 11.0. The quantitative estimate of drug-likeness (QED) is 0.612. The number of nitrogens with zero attached hydrogens (tertiary/aromatic N) is 2. The van der Waals surface area contributed by atoms with Crippen LogP contribution in [0.15, 0.2) is 12.1 Å². The molecule has 0 amide bonds. The Kier molecular flexibility index (Phi) is 3.61. The summed E-state index contributed by atoms with van der Waals surface area (Å²) in [7, 11) is 0. The summed E-state index contributed by atoms with van der Waals surface area (Å²) in [5, 5.41) is 22.6. The molecule has 0 spiro atoms. The predicted molar refractivity (Wildman–Crippen MR) is 65.0 cm³/mol. The molecular formula is C11H13N3O5. The molecule has 2 atom stereocenters. The zero-order valence-electron chi connectivity index (χ0n) is 10.2. The van der Waals surface area contributed by atoms with Gasteiger partial charge in [-0.1, -0.05) is 0 Å². The Morgan fingerprint density at radius 2 is 2.32 bits per heavy atom. The lowest BCUT2D eigenvalue weighted by Crippen LogP contribution is -2.33. The van der Waals surface area contributed by atoms with E-state index in [1.165, 1.54) is 19.1 Å². The Hall–Kier alpha value is -2.22. The molecule has 2 rings (SSSR count). The normalized spacial score (nSPS) is 22.2. The number of hydrogen-bond acceptors (Lipinski definition) is 6. The van der Waals surface area contributed by atoms with Gasteiger partial charge in [0.05, 0.1) is 24.2 Å². The van der Waals surface area contributed by atoms with Gasteiger partial charge in [-0.25, -0.2) is 4.98 Å². The SMILES string of the molecule is Cc1nc(NC2COCC2C(=O)O)ccc1[N+](=O)[O-]. The summed E-state index contributed by atoms with van der Waals surface area (Å²) in [6.45, 7) is 1.96. The number of nitro groups is 1. The number of aliphatic carboxylic acids is 1. The summed E-state index contributed by atoms with van der Waals surface area (Å²) < 4.78 is 5.12. The first-order chi connectivity index (χ1) is 8.99. The molecule has 2 unspecified atom stereocenters. The number of rotatable bonds is 4. The van der Waals surface area contributed by atoms with Crippen molar-refractivity contribution >= 4 is 17.5 Å². The van der Waals surface area contributed by atoms with E-state index in [2.05, 4.69) is 10.3 Å². The molecule has 1 saturated heterocycles. The van der Waals surface area contributed by atoms with Gasteiger partial charge in [0.2, 0.25) is 0 Å². The fourth-order valence-electron chi connectivity index (χ4n) is 1.96. The van der Waals surface area contributed by atoms with Crippen LogP contribution in [0.25, 0.3) is 0 Å². The van der Waals surface area contributed by atoms with E-state index in [1.807, 2.05) is 0 Å². The number of nitrogens with one attached hydrogen (secondary N) is 1. The first-order valence-electron chi connectivity index (χ1n) is 5.68. The van der Waals surface area contributed by atoms with Crippen LogP contribution in [0.3, 0.4) is 0 Å². The number of carbonyl (C=O) groups is 1. The van der Waals surface area contributed by atoms with Crippen LogP contribution in [0.4, 0.5) is 11.5 Å². The summed E-state index contributed by atoms with van der Waals surface area (Å²) in [5.41, 5.74) is 0.212. The number of hydrogen-bond donors (Lipinski definition) is 2. The minimum absolute atomic E-state index is 0.0667. The zero-order valence-corrected chi connectivity index (χ0v) is 10.2. The van der Waals surface area contributed by atoms with E-state index in [0.29, 0.717) is 5.82 Å². The summed E-state index contributed by atoms with van der Waals surface area (Å²) >= 11 is 0. The Morgan fingerprint density at radius 3 is 2.89 bits per heavy atom. The lowest BCUT2D eigenvalue weighted by molar-refractivity contribution is -0.385. The number of pyridine rings is 1. The monoisotopic (exact) mass is 267 g/mol. The maximum absolute atomic E-state index is 11.0. The number of anilines is 1. The third-order valence-electron chi connectivity index (χ3n) is 2.99. The van der Waals surface area contributed by atoms with Crippen molar-refractivity contribution in [2.24, 2.45) is 5.92 Å². The maximum Gasteiger partial charge on any atom is 0.311 e. The highest BCUT2D eigenvalue weighted by Crippen LogP contribution is 2.21. The zero-order chi connectivity index (χ0) is 14.0. The van der Waals surface area contributed by atoms with Gasteiger partial charge < -0.3 is 15.2 Å². The van der Waals surface area contributed by atoms with Gasteiger partial charge >= 0.3 is 5.97 Å². The van der Waals surface area contributed by atoms with Gasteiger partial charge in [0.1, 0.15) is 17.4 Å². The second kappa shape index (κ2) is 5.19. The number of aromatic nitrogens is 1. The van der Waals surface area contributed by atoms with Crippen LogP contribution >= 0.6 is 0 Å². The van der Waals surface area contributed by atoms with Crippen LogP contribution < -0.4 is 5.32 Å². The highest BCUT2D eigenvalue weighted by Gasteiger charge is 2.34. The van der Waals surface area contributed by atoms with Gasteiger partial charge in [0.25, 0.3) is 5.69 Å². The molecule has 1 aliphatic rings. The predicted octanol–water partition coefficient (Wildman–Crippen LogP) is 0.810. The lowest BCUT2D eigenvalue weighted by Gasteiger charge is -2.16. The largest absolute Gasteiger partial charge is 0.481 e. The summed E-state index contributed by atoms with van der Waals surface area (Å²) in [5.74, 6) is -1.17. The third-order valence-corrected chi connectivity index (χ3v) is 2.99. The molecule has 1 aromatic rings. The van der Waals surface area contributed by atoms with Crippen LogP contribution in [0.5, 0.6) is 0 Å². The van der Waals surface area contributed by atoms with Crippen LogP contribution in [0.1, 0.15) is 5.69 Å². The second-order valence-corrected chi connectivity index (χ2v) is 4.29. The van der Waals surface area contributed by atoms with Crippen molar-refractivity contribution in [3.8, 4) is 0 Å². The average molecular weight is 267 g/mol. The molecule has 0 aliphatic carbocycles. The minimum atomic E-state index is -0.936. The minimum Gasteiger partial charge on any atom is -0.481 e. The number of ether oxygens (including phenoxy) is 1. The van der Waals surface area contributed by atoms with Crippen molar-refractivity contribution < 1.29 is 19.6 Å². The van der Waals surface area contributed by atoms with Gasteiger partial charge in [-0.15, -0.1) is 0 Å². The van der Waals surface area contributed by atoms with E-state index in [-0.39, 0.29) is 30.6 Å². The first kappa shape index (κ1) is 13.2. The molecule has 8 nitrogen and oxygen atoms in total. The van der Waals surface area contributed by atoms with Crippen molar-refractivity contribution in [2.45, 2.75) is 13.0 Å². The molecule has 2 heterocycles. The van der Waals surface area contributed by atoms with Crippen molar-refractivity contribution in [1.29, 1.82) is 0 Å². The molecule has 0 radical (unpaired) electrons. The second-order valence-electron chi connectivity index (χ2n) is 4.29. The highest BCUT2D eigenvalue weighted by molar-refractivity contribution is 5.72. The van der Waals surface area contributed by atoms with Gasteiger partial charge in [0.15, 0.2) is 0 Å². The molecule has 0 bridgehead atoms. The van der Waals surface area contributed by atoms with Crippen molar-refractivity contribution in [3.63, 3.8) is 0 Å². The van der Waals surface area contributed by atoms with Crippen LogP contribution in [-0.2, 0) is 9.53 Å². The van der Waals surface area contributed by atoms with Crippen LogP contribution in [0, 0.1) is 23.0 Å². The number of carboxylic acid groups (broad SMARTS) is 1. The highest BCUT2D eigenvalue weighted by atomic mass is 16.6. The fraction of sp³-hybridized carbons (Fsp3) is 0.455. The summed E-state index contributed by atoms with van der Waals surface area (Å²) in [6.07, 6.45) is 0. The lowest BCUT2D eigenvalue weighted by atomic mass is 10.0. The fourth-order valence-corrected chi connectivity index (χ4v) is 1.96. The molecule has 1 aromatic heterocycles. The van der Waals surface area contributed by atoms with Crippen molar-refractivity contribution in [1.82, 2.24) is 4.98 Å². The van der Waals surface area contributed by atoms with Gasteiger partial charge in [-0.05, 0) is 13.0 Å². The molecule has 1 aliphatic heterocycles. The van der Waals surface area contributed by atoms with Crippen LogP contribution in [-0.4, -0.2) is 40.2 Å². The van der Waals surface area contributed by atoms with E-state index in [0.717, 1.165) is 0 Å². The molecule has 1 fully saturated rings. The van der Waals surface area contributed by atoms with E-state index >= 15 is 0 Å². The Labute approximate surface area is 108 Å². The van der Waals surface area contributed by atoms with Gasteiger partial charge in [0, 0.05) is 6.07 Å². The number of aryl methyl sites for hydroxylation is 1. The summed E-state index contributed by atoms with van der Waals surface area (Å²) in [6, 6.07) is 2.42. The summed E-state index contributed by atoms with van der Waals surface area (Å²) in [4.78, 5) is 25.2. The topological polar surface area (TPSA) is 115 Å². The molecule has 2 N–H and O–H groups in total. The molecule has 8 heteroatoms. The van der Waals surface area contributed by atoms with E-state index in [4.69, 9.17) is 9.84 Å². The van der Waals surface area contributed by atoms with Crippen molar-refractivity contribution in [2.75, 3.05) is 18.5 Å². The molecule has 19 heavy (non-hydrogen) atoms. The molecular weight excluding hydrogens is 254 g/mol. The smallest absolute Gasteiger partial charge is 0.311 e. The Bertz CT molecular complexity index is 519. The standard InChI is InChI=1S/C11H13N3O5/c1-6-9(14(17)18)2-3-10(12-6)13-8-5-19-4-7(8)11(15)16/h2-3,7-8H,4-5H2,1H3,(H,12,13)(H,15,16). The van der Waals surface area contributed by atoms with Gasteiger partial charge in [-0.3, -0.25) is 14.9 Å². The molecule has 102 valence electrons.